The number of anilines is 1. The highest BCUT2D eigenvalue weighted by molar-refractivity contribution is 7.18. The van der Waals surface area contributed by atoms with Crippen molar-refractivity contribution in [3.05, 3.63) is 52.7 Å². The molecule has 0 aliphatic heterocycles. The SMILES string of the molecule is C[C@H](NC(=O)c1ccc(NC(=O)C2CC2)s1)c1ccc(F)cc1. The summed E-state index contributed by atoms with van der Waals surface area (Å²) in [5, 5.41) is 6.38. The minimum atomic E-state index is -0.304. The molecule has 0 radical (unpaired) electrons. The Balaban J connectivity index is 1.60. The van der Waals surface area contributed by atoms with Gasteiger partial charge in [-0.1, -0.05) is 12.1 Å². The first-order valence-corrected chi connectivity index (χ1v) is 8.31. The second-order valence-corrected chi connectivity index (χ2v) is 6.76. The number of carbonyl (C=O) groups is 2. The van der Waals surface area contributed by atoms with E-state index in [1.807, 2.05) is 6.92 Å². The fraction of sp³-hybridized carbons (Fsp3) is 0.294. The number of hydrogen-bond donors (Lipinski definition) is 2. The highest BCUT2D eigenvalue weighted by Gasteiger charge is 2.29. The van der Waals surface area contributed by atoms with Crippen molar-refractivity contribution in [3.8, 4) is 0 Å². The van der Waals surface area contributed by atoms with Crippen LogP contribution >= 0.6 is 11.3 Å². The Morgan fingerprint density at radius 3 is 2.52 bits per heavy atom. The van der Waals surface area contributed by atoms with Crippen molar-refractivity contribution in [1.82, 2.24) is 5.32 Å². The molecular formula is C17H17FN2O2S. The van der Waals surface area contributed by atoms with Crippen LogP contribution in [0.4, 0.5) is 9.39 Å². The average Bonchev–Trinajstić information content (AvgIpc) is 3.28. The summed E-state index contributed by atoms with van der Waals surface area (Å²) in [4.78, 5) is 24.5. The molecule has 4 nitrogen and oxygen atoms in total. The highest BCUT2D eigenvalue weighted by Crippen LogP contribution is 2.31. The molecule has 3 rings (SSSR count). The number of rotatable bonds is 5. The van der Waals surface area contributed by atoms with Crippen molar-refractivity contribution >= 4 is 28.2 Å². The van der Waals surface area contributed by atoms with Gasteiger partial charge in [0.05, 0.1) is 15.9 Å². The first-order valence-electron chi connectivity index (χ1n) is 7.50. The van der Waals surface area contributed by atoms with Crippen molar-refractivity contribution < 1.29 is 14.0 Å². The number of thiophene rings is 1. The molecule has 1 heterocycles. The second kappa shape index (κ2) is 6.50. The monoisotopic (exact) mass is 332 g/mol. The largest absolute Gasteiger partial charge is 0.345 e. The standard InChI is InChI=1S/C17H17FN2O2S/c1-10(11-4-6-13(18)7-5-11)19-17(22)14-8-9-15(23-14)20-16(21)12-2-3-12/h4-10,12H,2-3H2,1H3,(H,19,22)(H,20,21)/t10-/m0/s1. The molecule has 1 aliphatic carbocycles. The first-order chi connectivity index (χ1) is 11.0. The molecule has 1 saturated carbocycles. The fourth-order valence-corrected chi connectivity index (χ4v) is 3.01. The zero-order chi connectivity index (χ0) is 16.4. The number of amides is 2. The average molecular weight is 332 g/mol. The van der Waals surface area contributed by atoms with Gasteiger partial charge in [0.25, 0.3) is 5.91 Å². The van der Waals surface area contributed by atoms with Gasteiger partial charge in [-0.15, -0.1) is 11.3 Å². The molecule has 1 aromatic carbocycles. The lowest BCUT2D eigenvalue weighted by molar-refractivity contribution is -0.117. The number of halogens is 1. The van der Waals surface area contributed by atoms with E-state index in [2.05, 4.69) is 10.6 Å². The van der Waals surface area contributed by atoms with E-state index in [0.29, 0.717) is 9.88 Å². The van der Waals surface area contributed by atoms with Crippen LogP contribution in [0.25, 0.3) is 0 Å². The van der Waals surface area contributed by atoms with Crippen molar-refractivity contribution in [2.45, 2.75) is 25.8 Å². The van der Waals surface area contributed by atoms with Crippen molar-refractivity contribution in [2.75, 3.05) is 5.32 Å². The topological polar surface area (TPSA) is 58.2 Å². The van der Waals surface area contributed by atoms with Gasteiger partial charge in [-0.25, -0.2) is 4.39 Å². The van der Waals surface area contributed by atoms with E-state index in [9.17, 15) is 14.0 Å². The summed E-state index contributed by atoms with van der Waals surface area (Å²) in [6, 6.07) is 9.24. The van der Waals surface area contributed by atoms with Crippen LogP contribution < -0.4 is 10.6 Å². The Morgan fingerprint density at radius 2 is 1.87 bits per heavy atom. The van der Waals surface area contributed by atoms with Crippen LogP contribution in [0.1, 0.15) is 41.0 Å². The Kier molecular flexibility index (Phi) is 4.43. The van der Waals surface area contributed by atoms with Crippen molar-refractivity contribution in [1.29, 1.82) is 0 Å². The Hall–Kier alpha value is -2.21. The van der Waals surface area contributed by atoms with E-state index in [1.165, 1.54) is 23.5 Å². The molecule has 6 heteroatoms. The number of carbonyl (C=O) groups excluding carboxylic acids is 2. The number of nitrogens with one attached hydrogen (secondary N) is 2. The Bertz CT molecular complexity index is 722. The van der Waals surface area contributed by atoms with Crippen LogP contribution in [0.5, 0.6) is 0 Å². The van der Waals surface area contributed by atoms with Crippen LogP contribution in [0.15, 0.2) is 36.4 Å². The van der Waals surface area contributed by atoms with E-state index >= 15 is 0 Å². The molecule has 23 heavy (non-hydrogen) atoms. The summed E-state index contributed by atoms with van der Waals surface area (Å²) in [6.45, 7) is 1.84. The summed E-state index contributed by atoms with van der Waals surface area (Å²) >= 11 is 1.25. The third-order valence-corrected chi connectivity index (χ3v) is 4.74. The van der Waals surface area contributed by atoms with Crippen LogP contribution in [0.3, 0.4) is 0 Å². The van der Waals surface area contributed by atoms with Gasteiger partial charge in [0.2, 0.25) is 5.91 Å². The molecule has 1 atom stereocenters. The normalized spacial score (nSPS) is 15.0. The molecule has 2 aromatic rings. The van der Waals surface area contributed by atoms with E-state index in [4.69, 9.17) is 0 Å². The predicted molar refractivity (Wildman–Crippen MR) is 88.0 cm³/mol. The number of benzene rings is 1. The number of hydrogen-bond acceptors (Lipinski definition) is 3. The van der Waals surface area contributed by atoms with Crippen LogP contribution in [0.2, 0.25) is 0 Å². The van der Waals surface area contributed by atoms with Gasteiger partial charge in [-0.2, -0.15) is 0 Å². The Morgan fingerprint density at radius 1 is 1.17 bits per heavy atom. The van der Waals surface area contributed by atoms with Gasteiger partial charge in [-0.05, 0) is 49.6 Å². The van der Waals surface area contributed by atoms with Crippen LogP contribution in [0, 0.1) is 11.7 Å². The quantitative estimate of drug-likeness (QED) is 0.876. The van der Waals surface area contributed by atoms with Crippen molar-refractivity contribution in [2.24, 2.45) is 5.92 Å². The zero-order valence-corrected chi connectivity index (χ0v) is 13.5. The van der Waals surface area contributed by atoms with Gasteiger partial charge in [0.15, 0.2) is 0 Å². The molecule has 2 amide bonds. The van der Waals surface area contributed by atoms with Crippen molar-refractivity contribution in [3.63, 3.8) is 0 Å². The summed E-state index contributed by atoms with van der Waals surface area (Å²) in [7, 11) is 0. The van der Waals surface area contributed by atoms with Crippen LogP contribution in [-0.4, -0.2) is 11.8 Å². The molecule has 0 saturated heterocycles. The van der Waals surface area contributed by atoms with Gasteiger partial charge in [0, 0.05) is 5.92 Å². The molecule has 1 aromatic heterocycles. The maximum atomic E-state index is 12.9. The molecular weight excluding hydrogens is 315 g/mol. The fourth-order valence-electron chi connectivity index (χ4n) is 2.20. The summed E-state index contributed by atoms with van der Waals surface area (Å²) in [5.74, 6) is -0.355. The molecule has 0 unspecified atom stereocenters. The second-order valence-electron chi connectivity index (χ2n) is 5.67. The predicted octanol–water partition coefficient (Wildman–Crippen LogP) is 3.73. The third-order valence-electron chi connectivity index (χ3n) is 3.74. The molecule has 1 fully saturated rings. The van der Waals surface area contributed by atoms with Gasteiger partial charge >= 0.3 is 0 Å². The molecule has 0 bridgehead atoms. The molecule has 1 aliphatic rings. The van der Waals surface area contributed by atoms with Gasteiger partial charge in [0.1, 0.15) is 5.82 Å². The minimum Gasteiger partial charge on any atom is -0.345 e. The molecule has 0 spiro atoms. The molecule has 2 N–H and O–H groups in total. The first kappa shape index (κ1) is 15.7. The minimum absolute atomic E-state index is 0.0264. The summed E-state index contributed by atoms with van der Waals surface area (Å²) in [5.41, 5.74) is 0.832. The lowest BCUT2D eigenvalue weighted by atomic mass is 10.1. The maximum Gasteiger partial charge on any atom is 0.261 e. The van der Waals surface area contributed by atoms with Crippen LogP contribution in [-0.2, 0) is 4.79 Å². The maximum absolute atomic E-state index is 12.9. The third kappa shape index (κ3) is 3.96. The molecule has 120 valence electrons. The lowest BCUT2D eigenvalue weighted by Gasteiger charge is -2.13. The van der Waals surface area contributed by atoms with E-state index in [0.717, 1.165) is 18.4 Å². The highest BCUT2D eigenvalue weighted by atomic mass is 32.1. The van der Waals surface area contributed by atoms with E-state index < -0.39 is 0 Å². The van der Waals surface area contributed by atoms with Gasteiger partial charge in [-0.3, -0.25) is 9.59 Å². The summed E-state index contributed by atoms with van der Waals surface area (Å²) in [6.07, 6.45) is 1.89. The zero-order valence-electron chi connectivity index (χ0n) is 12.6. The summed E-state index contributed by atoms with van der Waals surface area (Å²) < 4.78 is 12.9. The smallest absolute Gasteiger partial charge is 0.261 e. The lowest BCUT2D eigenvalue weighted by Crippen LogP contribution is -2.25. The Labute approximate surface area is 137 Å². The van der Waals surface area contributed by atoms with E-state index in [1.54, 1.807) is 24.3 Å². The van der Waals surface area contributed by atoms with E-state index in [-0.39, 0.29) is 29.6 Å². The van der Waals surface area contributed by atoms with Gasteiger partial charge < -0.3 is 10.6 Å².